The Morgan fingerprint density at radius 3 is 3.08 bits per heavy atom. The number of allylic oxidation sites excluding steroid dienone is 4. The van der Waals surface area contributed by atoms with Crippen molar-refractivity contribution >= 4 is 5.97 Å². The predicted octanol–water partition coefficient (Wildman–Crippen LogP) is 3.13. The van der Waals surface area contributed by atoms with Gasteiger partial charge < -0.3 is 10.1 Å². The topological polar surface area (TPSA) is 41.6 Å². The minimum atomic E-state index is -0.121. The van der Waals surface area contributed by atoms with E-state index in [1.807, 2.05) is 0 Å². The molecule has 4 heteroatoms. The molecular weight excluding hydrogens is 312 g/mol. The second-order valence-corrected chi connectivity index (χ2v) is 8.53. The third kappa shape index (κ3) is 1.79. The average Bonchev–Trinajstić information content (AvgIpc) is 3.21. The molecule has 3 saturated heterocycles. The van der Waals surface area contributed by atoms with E-state index in [1.165, 1.54) is 44.4 Å². The molecule has 25 heavy (non-hydrogen) atoms. The van der Waals surface area contributed by atoms with Crippen molar-refractivity contribution in [3.05, 3.63) is 35.2 Å². The lowest BCUT2D eigenvalue weighted by Gasteiger charge is -2.57. The van der Waals surface area contributed by atoms with Crippen LogP contribution in [0.25, 0.3) is 0 Å². The maximum absolute atomic E-state index is 12.8. The molecule has 1 N–H and O–H groups in total. The van der Waals surface area contributed by atoms with Crippen LogP contribution < -0.4 is 5.32 Å². The minimum Gasteiger partial charge on any atom is -0.466 e. The molecule has 134 valence electrons. The highest BCUT2D eigenvalue weighted by atomic mass is 16.5. The van der Waals surface area contributed by atoms with Gasteiger partial charge >= 0.3 is 5.97 Å². The second-order valence-electron chi connectivity index (χ2n) is 8.53. The van der Waals surface area contributed by atoms with Crippen molar-refractivity contribution in [2.75, 3.05) is 20.2 Å². The first-order chi connectivity index (χ1) is 12.2. The summed E-state index contributed by atoms with van der Waals surface area (Å²) in [5.74, 6) is 0.371. The number of carbonyl (C=O) groups excluding carboxylic acids is 1. The summed E-state index contributed by atoms with van der Waals surface area (Å²) in [6.07, 6.45) is 13.4. The lowest BCUT2D eigenvalue weighted by atomic mass is 9.52. The molecule has 3 fully saturated rings. The summed E-state index contributed by atoms with van der Waals surface area (Å²) < 4.78 is 5.24. The maximum atomic E-state index is 12.8. The molecule has 0 bridgehead atoms. The smallest absolute Gasteiger partial charge is 0.335 e. The molecule has 3 heterocycles. The lowest BCUT2D eigenvalue weighted by molar-refractivity contribution is -0.138. The minimum absolute atomic E-state index is 0.0782. The standard InChI is InChI=1S/C21H28N2O2/c1-3-20-9-6-11-23-12-10-21(19(20)23)15-7-4-5-8-16(15)22-17(21)14(13-20)18(24)25-2/h4-5,8,15,19,22H,3,6-7,9-13H2,1-2H3/t15?,19?,20-,21-/m0/s1. The highest BCUT2D eigenvalue weighted by Crippen LogP contribution is 2.67. The number of fused-ring (bicyclic) bond motifs is 1. The van der Waals surface area contributed by atoms with Crippen molar-refractivity contribution in [3.8, 4) is 0 Å². The molecule has 0 aromatic rings. The number of ether oxygens (including phenoxy) is 1. The fourth-order valence-electron chi connectivity index (χ4n) is 6.95. The van der Waals surface area contributed by atoms with Gasteiger partial charge in [0.2, 0.25) is 0 Å². The van der Waals surface area contributed by atoms with Crippen molar-refractivity contribution in [1.82, 2.24) is 10.2 Å². The first-order valence-electron chi connectivity index (χ1n) is 9.86. The van der Waals surface area contributed by atoms with Crippen LogP contribution in [0.2, 0.25) is 0 Å². The Bertz CT molecular complexity index is 721. The molecule has 2 aliphatic carbocycles. The lowest BCUT2D eigenvalue weighted by Crippen LogP contribution is -2.59. The molecule has 0 aromatic carbocycles. The fraction of sp³-hybridized carbons (Fsp3) is 0.667. The van der Waals surface area contributed by atoms with Crippen molar-refractivity contribution in [3.63, 3.8) is 0 Å². The van der Waals surface area contributed by atoms with Crippen LogP contribution >= 0.6 is 0 Å². The van der Waals surface area contributed by atoms with E-state index in [2.05, 4.69) is 35.4 Å². The van der Waals surface area contributed by atoms with Gasteiger partial charge in [0.1, 0.15) is 0 Å². The highest BCUT2D eigenvalue weighted by molar-refractivity contribution is 5.90. The van der Waals surface area contributed by atoms with E-state index < -0.39 is 0 Å². The molecule has 0 saturated carbocycles. The number of methoxy groups -OCH3 is 1. The summed E-state index contributed by atoms with van der Waals surface area (Å²) in [6.45, 7) is 4.71. The van der Waals surface area contributed by atoms with E-state index in [1.54, 1.807) is 0 Å². The molecule has 4 nitrogen and oxygen atoms in total. The van der Waals surface area contributed by atoms with Crippen LogP contribution in [0.15, 0.2) is 35.2 Å². The van der Waals surface area contributed by atoms with Gasteiger partial charge in [-0.05, 0) is 63.1 Å². The number of esters is 1. The first-order valence-corrected chi connectivity index (χ1v) is 9.86. The monoisotopic (exact) mass is 340 g/mol. The summed E-state index contributed by atoms with van der Waals surface area (Å²) in [5, 5.41) is 3.71. The largest absolute Gasteiger partial charge is 0.466 e. The molecule has 0 amide bonds. The Balaban J connectivity index is 1.76. The second kappa shape index (κ2) is 5.23. The Labute approximate surface area is 150 Å². The zero-order valence-corrected chi connectivity index (χ0v) is 15.3. The van der Waals surface area contributed by atoms with Gasteiger partial charge in [-0.2, -0.15) is 0 Å². The predicted molar refractivity (Wildman–Crippen MR) is 96.5 cm³/mol. The summed E-state index contributed by atoms with van der Waals surface area (Å²) in [6, 6.07) is 0.567. The molecule has 3 aliphatic heterocycles. The van der Waals surface area contributed by atoms with Crippen LogP contribution in [-0.4, -0.2) is 37.1 Å². The summed E-state index contributed by atoms with van der Waals surface area (Å²) in [4.78, 5) is 15.5. The molecular formula is C21H28N2O2. The number of carbonyl (C=O) groups is 1. The zero-order valence-electron chi connectivity index (χ0n) is 15.3. The van der Waals surface area contributed by atoms with E-state index >= 15 is 0 Å². The Morgan fingerprint density at radius 1 is 1.40 bits per heavy atom. The van der Waals surface area contributed by atoms with E-state index in [0.29, 0.717) is 12.0 Å². The molecule has 0 radical (unpaired) electrons. The SMILES string of the molecule is CC[C@]12CCCN3CC[C@]4(C(=C(C(=O)OC)C1)NC1=CC=CCC14)C32. The van der Waals surface area contributed by atoms with Gasteiger partial charge in [-0.25, -0.2) is 4.79 Å². The average molecular weight is 340 g/mol. The highest BCUT2D eigenvalue weighted by Gasteiger charge is 2.68. The zero-order chi connectivity index (χ0) is 17.2. The first kappa shape index (κ1) is 15.7. The summed E-state index contributed by atoms with van der Waals surface area (Å²) in [5.41, 5.74) is 3.75. The summed E-state index contributed by atoms with van der Waals surface area (Å²) in [7, 11) is 1.53. The van der Waals surface area contributed by atoms with E-state index in [-0.39, 0.29) is 16.8 Å². The molecule has 5 aliphatic rings. The molecule has 2 unspecified atom stereocenters. The van der Waals surface area contributed by atoms with E-state index in [0.717, 1.165) is 31.3 Å². The fourth-order valence-corrected chi connectivity index (χ4v) is 6.95. The normalized spacial score (nSPS) is 41.6. The van der Waals surface area contributed by atoms with Gasteiger partial charge in [0.25, 0.3) is 0 Å². The molecule has 5 rings (SSSR count). The van der Waals surface area contributed by atoms with Gasteiger partial charge in [-0.15, -0.1) is 0 Å². The Kier molecular flexibility index (Phi) is 3.28. The molecule has 1 spiro atoms. The van der Waals surface area contributed by atoms with Crippen LogP contribution in [0.4, 0.5) is 0 Å². The van der Waals surface area contributed by atoms with Crippen molar-refractivity contribution in [2.24, 2.45) is 16.7 Å². The van der Waals surface area contributed by atoms with Crippen LogP contribution in [0.1, 0.15) is 45.4 Å². The number of nitrogens with one attached hydrogen (secondary N) is 1. The van der Waals surface area contributed by atoms with Gasteiger partial charge in [0.05, 0.1) is 12.7 Å². The Morgan fingerprint density at radius 2 is 2.28 bits per heavy atom. The molecule has 4 atom stereocenters. The van der Waals surface area contributed by atoms with Gasteiger partial charge in [-0.1, -0.05) is 19.1 Å². The third-order valence-corrected chi connectivity index (χ3v) is 7.85. The van der Waals surface area contributed by atoms with E-state index in [4.69, 9.17) is 4.74 Å². The van der Waals surface area contributed by atoms with Crippen LogP contribution in [0.3, 0.4) is 0 Å². The van der Waals surface area contributed by atoms with Crippen LogP contribution in [0.5, 0.6) is 0 Å². The summed E-state index contributed by atoms with van der Waals surface area (Å²) >= 11 is 0. The number of piperidine rings is 1. The third-order valence-electron chi connectivity index (χ3n) is 7.85. The van der Waals surface area contributed by atoms with E-state index in [9.17, 15) is 4.79 Å². The van der Waals surface area contributed by atoms with Gasteiger partial charge in [-0.3, -0.25) is 4.90 Å². The van der Waals surface area contributed by atoms with Crippen LogP contribution in [-0.2, 0) is 9.53 Å². The number of rotatable bonds is 2. The van der Waals surface area contributed by atoms with Gasteiger partial charge in [0.15, 0.2) is 0 Å². The Hall–Kier alpha value is -1.55. The van der Waals surface area contributed by atoms with Crippen molar-refractivity contribution in [1.29, 1.82) is 0 Å². The van der Waals surface area contributed by atoms with Gasteiger partial charge in [0, 0.05) is 28.8 Å². The van der Waals surface area contributed by atoms with Crippen molar-refractivity contribution in [2.45, 2.75) is 51.5 Å². The van der Waals surface area contributed by atoms with Crippen molar-refractivity contribution < 1.29 is 9.53 Å². The number of hydrogen-bond acceptors (Lipinski definition) is 4. The van der Waals surface area contributed by atoms with Crippen LogP contribution in [0, 0.1) is 16.7 Å². The number of nitrogens with zero attached hydrogens (tertiary/aromatic N) is 1. The quantitative estimate of drug-likeness (QED) is 0.784. The number of hydrogen-bond donors (Lipinski definition) is 1. The maximum Gasteiger partial charge on any atom is 0.335 e. The molecule has 0 aromatic heterocycles.